The number of nitrogens with zero attached hydrogens (tertiary/aromatic N) is 1. The number of rotatable bonds is 3. The number of hydrogen-bond acceptors (Lipinski definition) is 2. The van der Waals surface area contributed by atoms with Crippen LogP contribution in [0.2, 0.25) is 10.0 Å². The van der Waals surface area contributed by atoms with Crippen molar-refractivity contribution in [3.8, 4) is 11.1 Å². The van der Waals surface area contributed by atoms with Crippen molar-refractivity contribution in [2.45, 2.75) is 31.7 Å². The summed E-state index contributed by atoms with van der Waals surface area (Å²) in [6.07, 6.45) is 1.66. The Balaban J connectivity index is 1.75. The van der Waals surface area contributed by atoms with Crippen molar-refractivity contribution in [1.82, 2.24) is 10.6 Å². The molecule has 1 atom stereocenters. The van der Waals surface area contributed by atoms with Crippen LogP contribution in [-0.2, 0) is 11.3 Å². The van der Waals surface area contributed by atoms with Crippen molar-refractivity contribution in [3.05, 3.63) is 81.3 Å². The van der Waals surface area contributed by atoms with Crippen molar-refractivity contribution in [1.29, 1.82) is 0 Å². The molecule has 3 aromatic rings. The zero-order chi connectivity index (χ0) is 24.7. The Labute approximate surface area is 211 Å². The molecule has 5 rings (SSSR count). The van der Waals surface area contributed by atoms with Crippen molar-refractivity contribution >= 4 is 46.5 Å². The van der Waals surface area contributed by atoms with E-state index in [-0.39, 0.29) is 34.0 Å². The van der Waals surface area contributed by atoms with Gasteiger partial charge < -0.3 is 10.6 Å². The molecule has 2 aliphatic rings. The van der Waals surface area contributed by atoms with Gasteiger partial charge in [-0.15, -0.1) is 0 Å². The van der Waals surface area contributed by atoms with Crippen molar-refractivity contribution < 1.29 is 18.4 Å². The summed E-state index contributed by atoms with van der Waals surface area (Å²) in [5.41, 5.74) is 3.08. The number of nitrogens with one attached hydrogen (secondary N) is 2. The summed E-state index contributed by atoms with van der Waals surface area (Å²) < 4.78 is 28.7. The third kappa shape index (κ3) is 4.46. The number of para-hydroxylation sites is 1. The zero-order valence-corrected chi connectivity index (χ0v) is 20.0. The number of anilines is 2. The van der Waals surface area contributed by atoms with Gasteiger partial charge in [-0.05, 0) is 60.2 Å². The minimum absolute atomic E-state index is 0.00457. The lowest BCUT2D eigenvalue weighted by Crippen LogP contribution is -2.41. The lowest BCUT2D eigenvalue weighted by atomic mass is 9.86. The number of carbonyl (C=O) groups is 2. The molecular weight excluding hydrogens is 495 g/mol. The Hall–Kier alpha value is -3.16. The van der Waals surface area contributed by atoms with E-state index < -0.39 is 17.7 Å². The Kier molecular flexibility index (Phi) is 6.38. The van der Waals surface area contributed by atoms with E-state index in [4.69, 9.17) is 23.2 Å². The summed E-state index contributed by atoms with van der Waals surface area (Å²) in [6, 6.07) is 11.7. The highest BCUT2D eigenvalue weighted by Gasteiger charge is 2.32. The molecule has 1 unspecified atom stereocenters. The number of hydrogen-bond donors (Lipinski definition) is 2. The quantitative estimate of drug-likeness (QED) is 0.408. The Morgan fingerprint density at radius 3 is 2.43 bits per heavy atom. The van der Waals surface area contributed by atoms with Gasteiger partial charge in [0.1, 0.15) is 11.6 Å². The monoisotopic (exact) mass is 515 g/mol. The van der Waals surface area contributed by atoms with E-state index in [1.165, 1.54) is 17.0 Å². The van der Waals surface area contributed by atoms with E-state index >= 15 is 0 Å². The lowest BCUT2D eigenvalue weighted by Gasteiger charge is -2.34. The number of carbonyl (C=O) groups excluding carboxylic acids is 2. The van der Waals surface area contributed by atoms with E-state index in [1.807, 2.05) is 12.1 Å². The third-order valence-electron chi connectivity index (χ3n) is 6.50. The molecule has 35 heavy (non-hydrogen) atoms. The van der Waals surface area contributed by atoms with Crippen molar-refractivity contribution in [3.63, 3.8) is 0 Å². The first-order chi connectivity index (χ1) is 16.8. The minimum Gasteiger partial charge on any atom is -0.356 e. The molecule has 0 aromatic heterocycles. The largest absolute Gasteiger partial charge is 0.356 e. The van der Waals surface area contributed by atoms with Gasteiger partial charge in [-0.2, -0.15) is 0 Å². The first kappa shape index (κ1) is 23.6. The summed E-state index contributed by atoms with van der Waals surface area (Å²) in [5, 5.41) is 6.25. The molecule has 3 aromatic carbocycles. The molecule has 0 saturated carbocycles. The minimum atomic E-state index is -0.707. The van der Waals surface area contributed by atoms with Crippen LogP contribution in [0.25, 0.3) is 11.1 Å². The van der Waals surface area contributed by atoms with Gasteiger partial charge in [0, 0.05) is 36.7 Å². The van der Waals surface area contributed by atoms with Crippen LogP contribution in [0.5, 0.6) is 0 Å². The normalized spacial score (nSPS) is 17.9. The maximum Gasteiger partial charge on any atom is 0.326 e. The van der Waals surface area contributed by atoms with E-state index in [1.54, 1.807) is 18.2 Å². The molecule has 0 bridgehead atoms. The highest BCUT2D eigenvalue weighted by molar-refractivity contribution is 6.40. The molecule has 0 spiro atoms. The van der Waals surface area contributed by atoms with Crippen LogP contribution < -0.4 is 15.5 Å². The fourth-order valence-corrected chi connectivity index (χ4v) is 5.35. The predicted octanol–water partition coefficient (Wildman–Crippen LogP) is 6.68. The molecule has 1 fully saturated rings. The SMILES string of the molecule is O=C1CCC(c2cc(-c3ccc(F)cc3F)c3c(c2)N(c2c(Cl)cccc2Cl)C(=O)NC3)CCN1. The Bertz CT molecular complexity index is 1330. The highest BCUT2D eigenvalue weighted by atomic mass is 35.5. The van der Waals surface area contributed by atoms with Gasteiger partial charge in [-0.3, -0.25) is 9.69 Å². The third-order valence-corrected chi connectivity index (χ3v) is 7.11. The van der Waals surface area contributed by atoms with Crippen molar-refractivity contribution in [2.24, 2.45) is 0 Å². The van der Waals surface area contributed by atoms with Crippen molar-refractivity contribution in [2.75, 3.05) is 11.4 Å². The van der Waals surface area contributed by atoms with Crippen LogP contribution in [0.4, 0.5) is 25.0 Å². The first-order valence-electron chi connectivity index (χ1n) is 11.2. The van der Waals surface area contributed by atoms with E-state index in [2.05, 4.69) is 10.6 Å². The summed E-state index contributed by atoms with van der Waals surface area (Å²) in [5.74, 6) is -1.40. The fourth-order valence-electron chi connectivity index (χ4n) is 4.78. The molecular formula is C26H21Cl2F2N3O2. The van der Waals surface area contributed by atoms with Gasteiger partial charge in [0.05, 0.1) is 21.4 Å². The van der Waals surface area contributed by atoms with E-state index in [0.29, 0.717) is 48.3 Å². The number of amides is 3. The Morgan fingerprint density at radius 1 is 0.914 bits per heavy atom. The van der Waals surface area contributed by atoms with Crippen LogP contribution in [0.1, 0.15) is 36.3 Å². The second kappa shape index (κ2) is 9.47. The molecule has 1 saturated heterocycles. The molecule has 2 N–H and O–H groups in total. The number of fused-ring (bicyclic) bond motifs is 1. The molecule has 9 heteroatoms. The van der Waals surface area contributed by atoms with E-state index in [9.17, 15) is 18.4 Å². The highest BCUT2D eigenvalue weighted by Crippen LogP contribution is 2.45. The first-order valence-corrected chi connectivity index (χ1v) is 12.0. The smallest absolute Gasteiger partial charge is 0.326 e. The van der Waals surface area contributed by atoms with Crippen LogP contribution >= 0.6 is 23.2 Å². The molecule has 0 radical (unpaired) electrons. The standard InChI is InChI=1S/C26H21Cl2F2N3O2/c27-20-2-1-3-21(28)25(20)33-23-11-15(14-4-7-24(34)31-9-8-14)10-18(19(23)13-32-26(33)35)17-6-5-16(29)12-22(17)30/h1-3,5-6,10-12,14H,4,7-9,13H2,(H,31,34)(H,32,35). The lowest BCUT2D eigenvalue weighted by molar-refractivity contribution is -0.120. The van der Waals surface area contributed by atoms with Gasteiger partial charge in [0.25, 0.3) is 0 Å². The molecule has 5 nitrogen and oxygen atoms in total. The average Bonchev–Trinajstić information content (AvgIpc) is 3.04. The van der Waals surface area contributed by atoms with Gasteiger partial charge >= 0.3 is 6.03 Å². The summed E-state index contributed by atoms with van der Waals surface area (Å²) in [4.78, 5) is 26.5. The van der Waals surface area contributed by atoms with Crippen LogP contribution in [0, 0.1) is 11.6 Å². The number of halogens is 4. The fraction of sp³-hybridized carbons (Fsp3) is 0.231. The second-order valence-electron chi connectivity index (χ2n) is 8.63. The van der Waals surface area contributed by atoms with Crippen LogP contribution in [-0.4, -0.2) is 18.5 Å². The molecule has 2 aliphatic heterocycles. The van der Waals surface area contributed by atoms with Crippen LogP contribution in [0.3, 0.4) is 0 Å². The predicted molar refractivity (Wildman–Crippen MR) is 132 cm³/mol. The second-order valence-corrected chi connectivity index (χ2v) is 9.44. The number of benzene rings is 3. The van der Waals surface area contributed by atoms with E-state index in [0.717, 1.165) is 11.6 Å². The molecule has 180 valence electrons. The van der Waals surface area contributed by atoms with Crippen LogP contribution in [0.15, 0.2) is 48.5 Å². The van der Waals surface area contributed by atoms with Gasteiger partial charge in [-0.25, -0.2) is 13.6 Å². The topological polar surface area (TPSA) is 61.4 Å². The van der Waals surface area contributed by atoms with Gasteiger partial charge in [0.2, 0.25) is 5.91 Å². The maximum absolute atomic E-state index is 15.0. The maximum atomic E-state index is 15.0. The Morgan fingerprint density at radius 2 is 1.69 bits per heavy atom. The summed E-state index contributed by atoms with van der Waals surface area (Å²) >= 11 is 12.9. The summed E-state index contributed by atoms with van der Waals surface area (Å²) in [7, 11) is 0. The average molecular weight is 516 g/mol. The summed E-state index contributed by atoms with van der Waals surface area (Å²) in [6.45, 7) is 0.658. The van der Waals surface area contributed by atoms with Gasteiger partial charge in [0.15, 0.2) is 0 Å². The molecule has 2 heterocycles. The molecule has 0 aliphatic carbocycles. The van der Waals surface area contributed by atoms with Gasteiger partial charge in [-0.1, -0.05) is 35.3 Å². The number of urea groups is 1. The zero-order valence-electron chi connectivity index (χ0n) is 18.5. The molecule has 3 amide bonds.